The Labute approximate surface area is 178 Å². The van der Waals surface area contributed by atoms with Gasteiger partial charge in [0.25, 0.3) is 0 Å². The third-order valence-electron chi connectivity index (χ3n) is 6.21. The Balaban J connectivity index is 1.66. The first-order valence-electron chi connectivity index (χ1n) is 10.5. The minimum atomic E-state index is 0.0548. The highest BCUT2D eigenvalue weighted by Gasteiger charge is 2.41. The Morgan fingerprint density at radius 1 is 1.21 bits per heavy atom. The highest BCUT2D eigenvalue weighted by atomic mass is 32.1. The second kappa shape index (κ2) is 8.81. The van der Waals surface area contributed by atoms with E-state index in [0.29, 0.717) is 0 Å². The van der Waals surface area contributed by atoms with Gasteiger partial charge in [0, 0.05) is 50.3 Å². The summed E-state index contributed by atoms with van der Waals surface area (Å²) in [6.07, 6.45) is 1.86. The van der Waals surface area contributed by atoms with Crippen LogP contribution in [0.4, 0.5) is 0 Å². The van der Waals surface area contributed by atoms with E-state index < -0.39 is 0 Å². The number of ether oxygens (including phenoxy) is 1. The van der Waals surface area contributed by atoms with Crippen molar-refractivity contribution in [1.29, 1.82) is 0 Å². The monoisotopic (exact) mass is 413 g/mol. The van der Waals surface area contributed by atoms with Gasteiger partial charge in [0.1, 0.15) is 0 Å². The molecule has 0 saturated carbocycles. The molecular weight excluding hydrogens is 382 g/mol. The van der Waals surface area contributed by atoms with E-state index in [2.05, 4.69) is 63.6 Å². The van der Waals surface area contributed by atoms with Crippen molar-refractivity contribution in [3.8, 4) is 0 Å². The molecule has 2 fully saturated rings. The third-order valence-corrected chi connectivity index (χ3v) is 6.56. The number of nitrogens with zero attached hydrogens (tertiary/aromatic N) is 4. The van der Waals surface area contributed by atoms with Crippen LogP contribution in [0.3, 0.4) is 0 Å². The lowest BCUT2D eigenvalue weighted by molar-refractivity contribution is 0.0350. The van der Waals surface area contributed by atoms with Crippen LogP contribution in [0.5, 0.6) is 0 Å². The standard InChI is InChI=1S/C22H31N5OS/c1-4-26-16(2)15-18(17(26)3)21-20(19-7-5-6-8-23-19)24-22(29)27(21)10-9-25-11-13-28-14-12-25/h5-8,15,20-21H,4,9-14H2,1-3H3,(H,24,29). The smallest absolute Gasteiger partial charge is 0.170 e. The molecular formula is C22H31N5OS. The van der Waals surface area contributed by atoms with E-state index in [1.54, 1.807) is 0 Å². The molecule has 6 nitrogen and oxygen atoms in total. The maximum atomic E-state index is 5.81. The molecule has 4 heterocycles. The van der Waals surface area contributed by atoms with E-state index in [4.69, 9.17) is 17.0 Å². The molecule has 0 bridgehead atoms. The van der Waals surface area contributed by atoms with Crippen molar-refractivity contribution in [2.24, 2.45) is 0 Å². The van der Waals surface area contributed by atoms with E-state index in [1.165, 1.54) is 17.0 Å². The molecule has 2 aliphatic rings. The summed E-state index contributed by atoms with van der Waals surface area (Å²) in [4.78, 5) is 9.48. The molecule has 2 saturated heterocycles. The van der Waals surface area contributed by atoms with Crippen molar-refractivity contribution in [3.05, 3.63) is 53.1 Å². The number of nitrogens with one attached hydrogen (secondary N) is 1. The summed E-state index contributed by atoms with van der Waals surface area (Å²) in [6, 6.07) is 8.64. The number of hydrogen-bond donors (Lipinski definition) is 1. The number of aromatic nitrogens is 2. The molecule has 2 unspecified atom stereocenters. The molecule has 29 heavy (non-hydrogen) atoms. The first-order valence-corrected chi connectivity index (χ1v) is 11.0. The lowest BCUT2D eigenvalue weighted by atomic mass is 9.97. The van der Waals surface area contributed by atoms with E-state index in [1.807, 2.05) is 12.3 Å². The Morgan fingerprint density at radius 3 is 2.66 bits per heavy atom. The van der Waals surface area contributed by atoms with E-state index in [9.17, 15) is 0 Å². The highest BCUT2D eigenvalue weighted by molar-refractivity contribution is 7.80. The van der Waals surface area contributed by atoms with E-state index in [-0.39, 0.29) is 12.1 Å². The van der Waals surface area contributed by atoms with Crippen LogP contribution in [0, 0.1) is 13.8 Å². The average Bonchev–Trinajstić information content (AvgIpc) is 3.22. The molecule has 0 spiro atoms. The molecule has 0 aromatic carbocycles. The quantitative estimate of drug-likeness (QED) is 0.735. The molecule has 0 aliphatic carbocycles. The van der Waals surface area contributed by atoms with Gasteiger partial charge in [0.15, 0.2) is 5.11 Å². The van der Waals surface area contributed by atoms with Crippen LogP contribution in [0.1, 0.15) is 41.7 Å². The molecule has 7 heteroatoms. The molecule has 2 aromatic rings. The van der Waals surface area contributed by atoms with Gasteiger partial charge in [-0.2, -0.15) is 0 Å². The summed E-state index contributed by atoms with van der Waals surface area (Å²) in [5, 5.41) is 4.39. The van der Waals surface area contributed by atoms with Crippen LogP contribution < -0.4 is 5.32 Å². The first kappa shape index (κ1) is 20.3. The van der Waals surface area contributed by atoms with Gasteiger partial charge in [-0.1, -0.05) is 6.07 Å². The zero-order valence-corrected chi connectivity index (χ0v) is 18.4. The van der Waals surface area contributed by atoms with Crippen LogP contribution in [-0.4, -0.2) is 63.9 Å². The van der Waals surface area contributed by atoms with Crippen LogP contribution in [0.15, 0.2) is 30.5 Å². The lowest BCUT2D eigenvalue weighted by Gasteiger charge is -2.32. The first-order chi connectivity index (χ1) is 14.1. The van der Waals surface area contributed by atoms with Gasteiger partial charge >= 0.3 is 0 Å². The summed E-state index contributed by atoms with van der Waals surface area (Å²) >= 11 is 5.81. The van der Waals surface area contributed by atoms with E-state index >= 15 is 0 Å². The number of aryl methyl sites for hydroxylation is 1. The van der Waals surface area contributed by atoms with Crippen LogP contribution in [0.25, 0.3) is 0 Å². The van der Waals surface area contributed by atoms with Crippen LogP contribution in [0.2, 0.25) is 0 Å². The zero-order valence-electron chi connectivity index (χ0n) is 17.6. The van der Waals surface area contributed by atoms with Gasteiger partial charge in [-0.15, -0.1) is 0 Å². The zero-order chi connectivity index (χ0) is 20.4. The second-order valence-electron chi connectivity index (χ2n) is 7.84. The summed E-state index contributed by atoms with van der Waals surface area (Å²) < 4.78 is 7.88. The summed E-state index contributed by atoms with van der Waals surface area (Å²) in [7, 11) is 0. The minimum absolute atomic E-state index is 0.0548. The molecule has 2 atom stereocenters. The van der Waals surface area contributed by atoms with Crippen molar-refractivity contribution < 1.29 is 4.74 Å². The summed E-state index contributed by atoms with van der Waals surface area (Å²) in [5.74, 6) is 0. The normalized spacial score (nSPS) is 22.9. The topological polar surface area (TPSA) is 45.6 Å². The van der Waals surface area contributed by atoms with Crippen molar-refractivity contribution in [2.75, 3.05) is 39.4 Å². The SMILES string of the molecule is CCn1c(C)cc(C2C(c3ccccn3)NC(=S)N2CCN2CCOCC2)c1C. The average molecular weight is 414 g/mol. The van der Waals surface area contributed by atoms with Gasteiger partial charge in [-0.05, 0) is 56.8 Å². The second-order valence-corrected chi connectivity index (χ2v) is 8.23. The fourth-order valence-corrected chi connectivity index (χ4v) is 5.00. The maximum Gasteiger partial charge on any atom is 0.170 e. The molecule has 156 valence electrons. The highest BCUT2D eigenvalue weighted by Crippen LogP contribution is 2.40. The maximum absolute atomic E-state index is 5.81. The van der Waals surface area contributed by atoms with Gasteiger partial charge in [-0.25, -0.2) is 0 Å². The van der Waals surface area contributed by atoms with Gasteiger partial charge < -0.3 is 19.5 Å². The Bertz CT molecular complexity index is 846. The molecule has 2 aromatic heterocycles. The minimum Gasteiger partial charge on any atom is -0.379 e. The molecule has 0 radical (unpaired) electrons. The number of morpholine rings is 1. The van der Waals surface area contributed by atoms with Gasteiger partial charge in [-0.3, -0.25) is 9.88 Å². The predicted molar refractivity (Wildman–Crippen MR) is 119 cm³/mol. The van der Waals surface area contributed by atoms with Gasteiger partial charge in [0.05, 0.1) is 31.0 Å². The lowest BCUT2D eigenvalue weighted by Crippen LogP contribution is -2.42. The number of pyridine rings is 1. The summed E-state index contributed by atoms with van der Waals surface area (Å²) in [6.45, 7) is 13.1. The largest absolute Gasteiger partial charge is 0.379 e. The van der Waals surface area contributed by atoms with Crippen LogP contribution in [-0.2, 0) is 11.3 Å². The van der Waals surface area contributed by atoms with Crippen LogP contribution >= 0.6 is 12.2 Å². The Hall–Kier alpha value is -1.96. The molecule has 2 aliphatic heterocycles. The Kier molecular flexibility index (Phi) is 6.18. The number of hydrogen-bond acceptors (Lipinski definition) is 4. The van der Waals surface area contributed by atoms with Crippen molar-refractivity contribution >= 4 is 17.3 Å². The molecule has 4 rings (SSSR count). The molecule has 1 N–H and O–H groups in total. The molecule has 0 amide bonds. The number of thiocarbonyl (C=S) groups is 1. The number of rotatable bonds is 6. The van der Waals surface area contributed by atoms with E-state index in [0.717, 1.165) is 56.7 Å². The van der Waals surface area contributed by atoms with Crippen molar-refractivity contribution in [2.45, 2.75) is 39.4 Å². The van der Waals surface area contributed by atoms with Crippen molar-refractivity contribution in [1.82, 2.24) is 24.7 Å². The van der Waals surface area contributed by atoms with Crippen molar-refractivity contribution in [3.63, 3.8) is 0 Å². The fraction of sp³-hybridized carbons (Fsp3) is 0.545. The van der Waals surface area contributed by atoms with Gasteiger partial charge in [0.2, 0.25) is 0 Å². The Morgan fingerprint density at radius 2 is 2.00 bits per heavy atom. The predicted octanol–water partition coefficient (Wildman–Crippen LogP) is 2.82. The third kappa shape index (κ3) is 4.04. The fourth-order valence-electron chi connectivity index (χ4n) is 4.67. The summed E-state index contributed by atoms with van der Waals surface area (Å²) in [5.41, 5.74) is 4.99.